The molecule has 2 heterocycles. The van der Waals surface area contributed by atoms with E-state index in [4.69, 9.17) is 4.74 Å². The Bertz CT molecular complexity index is 418. The first-order valence-corrected chi connectivity index (χ1v) is 7.40. The van der Waals surface area contributed by atoms with Gasteiger partial charge in [0.2, 0.25) is 0 Å². The zero-order valence-corrected chi connectivity index (χ0v) is 12.6. The first-order chi connectivity index (χ1) is 9.72. The number of nitrogens with one attached hydrogen (secondary N) is 2. The molecule has 0 radical (unpaired) electrons. The summed E-state index contributed by atoms with van der Waals surface area (Å²) in [5, 5.41) is 5.54. The third kappa shape index (κ3) is 3.80. The molecule has 6 nitrogen and oxygen atoms in total. The molecule has 1 aliphatic heterocycles. The molecule has 0 atom stereocenters. The average molecular weight is 279 g/mol. The first-order valence-electron chi connectivity index (χ1n) is 7.40. The van der Waals surface area contributed by atoms with Gasteiger partial charge < -0.3 is 15.5 Å². The summed E-state index contributed by atoms with van der Waals surface area (Å²) in [6.07, 6.45) is 2.69. The van der Waals surface area contributed by atoms with Crippen LogP contribution in [0.15, 0.2) is 6.33 Å². The number of nitrogens with zero attached hydrogens (tertiary/aromatic N) is 3. The van der Waals surface area contributed by atoms with E-state index in [1.807, 2.05) is 0 Å². The van der Waals surface area contributed by atoms with Crippen molar-refractivity contribution in [2.24, 2.45) is 0 Å². The molecule has 20 heavy (non-hydrogen) atoms. The van der Waals surface area contributed by atoms with Crippen LogP contribution in [0.4, 0.5) is 11.6 Å². The van der Waals surface area contributed by atoms with Gasteiger partial charge in [0, 0.05) is 25.2 Å². The molecule has 2 rings (SSSR count). The highest BCUT2D eigenvalue weighted by atomic mass is 16.5. The molecule has 0 saturated carbocycles. The lowest BCUT2D eigenvalue weighted by Gasteiger charge is -2.29. The first kappa shape index (κ1) is 15.0. The summed E-state index contributed by atoms with van der Waals surface area (Å²) in [7, 11) is 0. The quantitative estimate of drug-likeness (QED) is 0.831. The van der Waals surface area contributed by atoms with Crippen LogP contribution in [-0.4, -0.2) is 47.8 Å². The van der Waals surface area contributed by atoms with E-state index in [9.17, 15) is 0 Å². The second kappa shape index (κ2) is 7.40. The van der Waals surface area contributed by atoms with E-state index < -0.39 is 0 Å². The highest BCUT2D eigenvalue weighted by molar-refractivity contribution is 5.58. The molecule has 1 aromatic rings. The van der Waals surface area contributed by atoms with Gasteiger partial charge in [-0.3, -0.25) is 0 Å². The summed E-state index contributed by atoms with van der Waals surface area (Å²) in [6, 6.07) is 0. The van der Waals surface area contributed by atoms with Crippen molar-refractivity contribution in [1.82, 2.24) is 15.0 Å². The van der Waals surface area contributed by atoms with Crippen LogP contribution in [0.3, 0.4) is 0 Å². The van der Waals surface area contributed by atoms with Crippen molar-refractivity contribution in [1.29, 1.82) is 0 Å². The van der Waals surface area contributed by atoms with Gasteiger partial charge in [-0.25, -0.2) is 15.0 Å². The Morgan fingerprint density at radius 1 is 1.25 bits per heavy atom. The van der Waals surface area contributed by atoms with Crippen molar-refractivity contribution in [2.75, 3.05) is 43.6 Å². The molecule has 0 bridgehead atoms. The summed E-state index contributed by atoms with van der Waals surface area (Å²) in [5.74, 6) is 2.20. The van der Waals surface area contributed by atoms with E-state index in [1.54, 1.807) is 6.33 Å². The van der Waals surface area contributed by atoms with Crippen molar-refractivity contribution in [3.63, 3.8) is 0 Å². The largest absolute Gasteiger partial charge is 0.379 e. The Kier molecular flexibility index (Phi) is 5.55. The van der Waals surface area contributed by atoms with Crippen molar-refractivity contribution in [3.05, 3.63) is 11.9 Å². The van der Waals surface area contributed by atoms with Gasteiger partial charge in [0.25, 0.3) is 0 Å². The Labute approximate surface area is 120 Å². The van der Waals surface area contributed by atoms with Gasteiger partial charge in [0.15, 0.2) is 0 Å². The molecule has 0 amide bonds. The van der Waals surface area contributed by atoms with E-state index in [2.05, 4.69) is 46.5 Å². The number of ether oxygens (including phenoxy) is 1. The van der Waals surface area contributed by atoms with Crippen LogP contribution in [0.25, 0.3) is 0 Å². The van der Waals surface area contributed by atoms with Gasteiger partial charge in [-0.1, -0.05) is 20.8 Å². The van der Waals surface area contributed by atoms with Crippen molar-refractivity contribution >= 4 is 11.6 Å². The minimum Gasteiger partial charge on any atom is -0.379 e. The SMILES string of the molecule is CCCNc1ncnc(NN2CCOCC2)c1C(C)C. The number of aromatic nitrogens is 2. The van der Waals surface area contributed by atoms with Crippen LogP contribution >= 0.6 is 0 Å². The predicted octanol–water partition coefficient (Wildman–Crippen LogP) is 2.08. The van der Waals surface area contributed by atoms with Crippen LogP contribution in [0, 0.1) is 0 Å². The molecule has 1 saturated heterocycles. The summed E-state index contributed by atoms with van der Waals surface area (Å²) in [5.41, 5.74) is 4.56. The summed E-state index contributed by atoms with van der Waals surface area (Å²) < 4.78 is 5.37. The Morgan fingerprint density at radius 2 is 1.95 bits per heavy atom. The zero-order chi connectivity index (χ0) is 14.4. The molecule has 112 valence electrons. The van der Waals surface area contributed by atoms with Gasteiger partial charge in [0.05, 0.1) is 13.2 Å². The lowest BCUT2D eigenvalue weighted by molar-refractivity contribution is 0.0494. The van der Waals surface area contributed by atoms with Gasteiger partial charge in [-0.2, -0.15) is 0 Å². The number of morpholine rings is 1. The van der Waals surface area contributed by atoms with Gasteiger partial charge >= 0.3 is 0 Å². The maximum absolute atomic E-state index is 5.37. The van der Waals surface area contributed by atoms with Gasteiger partial charge in [-0.15, -0.1) is 0 Å². The summed E-state index contributed by atoms with van der Waals surface area (Å²) in [6.45, 7) is 10.7. The fourth-order valence-corrected chi connectivity index (χ4v) is 2.24. The normalized spacial score (nSPS) is 16.4. The Balaban J connectivity index is 2.17. The predicted molar refractivity (Wildman–Crippen MR) is 80.9 cm³/mol. The third-order valence-corrected chi connectivity index (χ3v) is 3.28. The number of hydrogen-bond donors (Lipinski definition) is 2. The van der Waals surface area contributed by atoms with Crippen LogP contribution in [0.5, 0.6) is 0 Å². The molecule has 0 aliphatic carbocycles. The molecule has 1 aliphatic rings. The fraction of sp³-hybridized carbons (Fsp3) is 0.714. The lowest BCUT2D eigenvalue weighted by Crippen LogP contribution is -2.40. The monoisotopic (exact) mass is 279 g/mol. The maximum atomic E-state index is 5.37. The topological polar surface area (TPSA) is 62.3 Å². The van der Waals surface area contributed by atoms with Gasteiger partial charge in [0.1, 0.15) is 18.0 Å². The average Bonchev–Trinajstić information content (AvgIpc) is 2.46. The molecule has 1 aromatic heterocycles. The Hall–Kier alpha value is -1.40. The number of rotatable bonds is 6. The van der Waals surface area contributed by atoms with Crippen LogP contribution in [-0.2, 0) is 4.74 Å². The van der Waals surface area contributed by atoms with Crippen LogP contribution in [0.1, 0.15) is 38.7 Å². The molecule has 1 fully saturated rings. The fourth-order valence-electron chi connectivity index (χ4n) is 2.24. The zero-order valence-electron chi connectivity index (χ0n) is 12.6. The van der Waals surface area contributed by atoms with E-state index in [0.29, 0.717) is 5.92 Å². The lowest BCUT2D eigenvalue weighted by atomic mass is 10.0. The standard InChI is InChI=1S/C14H25N5O/c1-4-5-15-13-12(11(2)3)14(17-10-16-13)18-19-6-8-20-9-7-19/h10-11H,4-9H2,1-3H3,(H2,15,16,17,18). The van der Waals surface area contributed by atoms with Crippen LogP contribution in [0.2, 0.25) is 0 Å². The Morgan fingerprint density at radius 3 is 2.60 bits per heavy atom. The van der Waals surface area contributed by atoms with Crippen molar-refractivity contribution in [2.45, 2.75) is 33.1 Å². The molecule has 0 unspecified atom stereocenters. The summed E-state index contributed by atoms with van der Waals surface area (Å²) >= 11 is 0. The maximum Gasteiger partial charge on any atom is 0.149 e. The number of anilines is 2. The molecule has 2 N–H and O–H groups in total. The second-order valence-electron chi connectivity index (χ2n) is 5.28. The minimum atomic E-state index is 0.360. The highest BCUT2D eigenvalue weighted by Crippen LogP contribution is 2.28. The molecule has 6 heteroatoms. The molecule has 0 aromatic carbocycles. The molecular formula is C14H25N5O. The summed E-state index contributed by atoms with van der Waals surface area (Å²) in [4.78, 5) is 8.80. The van der Waals surface area contributed by atoms with Gasteiger partial charge in [-0.05, 0) is 12.3 Å². The van der Waals surface area contributed by atoms with E-state index in [-0.39, 0.29) is 0 Å². The van der Waals surface area contributed by atoms with Crippen molar-refractivity contribution in [3.8, 4) is 0 Å². The number of hydrogen-bond acceptors (Lipinski definition) is 6. The molecular weight excluding hydrogens is 254 g/mol. The van der Waals surface area contributed by atoms with E-state index >= 15 is 0 Å². The van der Waals surface area contributed by atoms with Crippen LogP contribution < -0.4 is 10.7 Å². The second-order valence-corrected chi connectivity index (χ2v) is 5.28. The highest BCUT2D eigenvalue weighted by Gasteiger charge is 2.18. The molecule has 0 spiro atoms. The smallest absolute Gasteiger partial charge is 0.149 e. The van der Waals surface area contributed by atoms with E-state index in [0.717, 1.165) is 56.5 Å². The number of hydrazine groups is 1. The third-order valence-electron chi connectivity index (χ3n) is 3.28. The minimum absolute atomic E-state index is 0.360. The van der Waals surface area contributed by atoms with E-state index in [1.165, 1.54) is 0 Å². The van der Waals surface area contributed by atoms with Crippen molar-refractivity contribution < 1.29 is 4.74 Å².